The molecule has 0 radical (unpaired) electrons. The van der Waals surface area contributed by atoms with E-state index in [1.807, 2.05) is 18.2 Å². The molecule has 1 fully saturated rings. The fraction of sp³-hybridized carbons (Fsp3) is 0.346. The van der Waals surface area contributed by atoms with E-state index >= 15 is 0 Å². The van der Waals surface area contributed by atoms with Crippen LogP contribution in [0.15, 0.2) is 54.7 Å². The minimum atomic E-state index is -0.950. The highest BCUT2D eigenvalue weighted by molar-refractivity contribution is 5.94. The highest BCUT2D eigenvalue weighted by Crippen LogP contribution is 2.51. The summed E-state index contributed by atoms with van der Waals surface area (Å²) in [5.41, 5.74) is 3.38. The lowest BCUT2D eigenvalue weighted by Gasteiger charge is -2.47. The Bertz CT molecular complexity index is 1170. The van der Waals surface area contributed by atoms with Crippen molar-refractivity contribution >= 4 is 28.5 Å². The Morgan fingerprint density at radius 2 is 1.88 bits per heavy atom. The van der Waals surface area contributed by atoms with Crippen molar-refractivity contribution in [3.63, 3.8) is 0 Å². The molecule has 1 saturated carbocycles. The van der Waals surface area contributed by atoms with Crippen molar-refractivity contribution in [3.05, 3.63) is 71.7 Å². The zero-order chi connectivity index (χ0) is 23.6. The zero-order valence-electron chi connectivity index (χ0n) is 18.8. The smallest absolute Gasteiger partial charge is 0.305 e. The molecule has 1 aliphatic rings. The molecule has 6 nitrogen and oxygen atoms in total. The molecule has 3 aromatic rings. The van der Waals surface area contributed by atoms with Crippen LogP contribution in [0.4, 0.5) is 10.1 Å². The predicted molar refractivity (Wildman–Crippen MR) is 126 cm³/mol. The van der Waals surface area contributed by atoms with Crippen molar-refractivity contribution in [1.29, 1.82) is 0 Å². The van der Waals surface area contributed by atoms with Crippen molar-refractivity contribution in [2.45, 2.75) is 39.2 Å². The maximum absolute atomic E-state index is 13.7. The molecule has 1 aliphatic carbocycles. The number of rotatable bonds is 8. The number of hydrogen-bond donors (Lipinski definition) is 3. The number of fused-ring (bicyclic) bond motifs is 1. The largest absolute Gasteiger partial charge is 0.481 e. The topological polar surface area (TPSA) is 91.3 Å². The highest BCUT2D eigenvalue weighted by Gasteiger charge is 2.41. The number of aromatic nitrogens is 1. The first-order valence-electron chi connectivity index (χ1n) is 11.1. The Balaban J connectivity index is 1.54. The van der Waals surface area contributed by atoms with Crippen LogP contribution in [-0.4, -0.2) is 28.5 Å². The van der Waals surface area contributed by atoms with Crippen molar-refractivity contribution in [2.24, 2.45) is 11.3 Å². The van der Waals surface area contributed by atoms with Crippen LogP contribution in [0.2, 0.25) is 0 Å². The van der Waals surface area contributed by atoms with Crippen LogP contribution >= 0.6 is 0 Å². The molecular formula is C26H28FN3O3. The van der Waals surface area contributed by atoms with Gasteiger partial charge in [-0.15, -0.1) is 0 Å². The molecule has 4 rings (SSSR count). The van der Waals surface area contributed by atoms with Gasteiger partial charge in [-0.25, -0.2) is 4.39 Å². The Hall–Kier alpha value is -3.48. The number of carboxylic acid groups (broad SMARTS) is 1. The van der Waals surface area contributed by atoms with Crippen LogP contribution in [0.5, 0.6) is 0 Å². The van der Waals surface area contributed by atoms with Crippen LogP contribution in [-0.2, 0) is 4.79 Å². The second kappa shape index (κ2) is 9.17. The van der Waals surface area contributed by atoms with Crippen molar-refractivity contribution in [2.75, 3.05) is 11.9 Å². The minimum absolute atomic E-state index is 0.0231. The van der Waals surface area contributed by atoms with E-state index in [9.17, 15) is 14.0 Å². The van der Waals surface area contributed by atoms with E-state index in [1.54, 1.807) is 24.4 Å². The SMILES string of the molecule is CC1(C)CC(C(Nc2cnc3ccc(F)cc3c2)c2ccc(C(=O)NCCC(=O)O)cc2)C1. The van der Waals surface area contributed by atoms with Crippen molar-refractivity contribution in [3.8, 4) is 0 Å². The van der Waals surface area contributed by atoms with E-state index in [0.717, 1.165) is 35.0 Å². The summed E-state index contributed by atoms with van der Waals surface area (Å²) in [4.78, 5) is 27.4. The van der Waals surface area contributed by atoms with Crippen molar-refractivity contribution in [1.82, 2.24) is 10.3 Å². The van der Waals surface area contributed by atoms with Gasteiger partial charge in [0.1, 0.15) is 5.82 Å². The number of nitrogens with one attached hydrogen (secondary N) is 2. The van der Waals surface area contributed by atoms with Gasteiger partial charge in [0, 0.05) is 17.5 Å². The van der Waals surface area contributed by atoms with Gasteiger partial charge >= 0.3 is 5.97 Å². The van der Waals surface area contributed by atoms with Crippen LogP contribution in [0, 0.1) is 17.2 Å². The van der Waals surface area contributed by atoms with Gasteiger partial charge in [0.15, 0.2) is 0 Å². The third-order valence-corrected chi connectivity index (χ3v) is 6.22. The highest BCUT2D eigenvalue weighted by atomic mass is 19.1. The van der Waals surface area contributed by atoms with Gasteiger partial charge in [0.25, 0.3) is 5.91 Å². The van der Waals surface area contributed by atoms with Gasteiger partial charge in [-0.2, -0.15) is 0 Å². The van der Waals surface area contributed by atoms with Crippen molar-refractivity contribution < 1.29 is 19.1 Å². The van der Waals surface area contributed by atoms with Gasteiger partial charge in [-0.1, -0.05) is 26.0 Å². The average molecular weight is 450 g/mol. The molecule has 0 bridgehead atoms. The summed E-state index contributed by atoms with van der Waals surface area (Å²) in [5, 5.41) is 15.7. The molecule has 33 heavy (non-hydrogen) atoms. The monoisotopic (exact) mass is 449 g/mol. The summed E-state index contributed by atoms with van der Waals surface area (Å²) in [6.45, 7) is 4.60. The average Bonchev–Trinajstić information content (AvgIpc) is 2.75. The molecule has 2 aromatic carbocycles. The minimum Gasteiger partial charge on any atom is -0.481 e. The maximum Gasteiger partial charge on any atom is 0.305 e. The lowest BCUT2D eigenvalue weighted by Crippen LogP contribution is -2.38. The second-order valence-corrected chi connectivity index (χ2v) is 9.54. The first-order valence-corrected chi connectivity index (χ1v) is 11.1. The molecule has 0 spiro atoms. The normalized spacial score (nSPS) is 16.1. The van der Waals surface area contributed by atoms with E-state index in [1.165, 1.54) is 12.1 Å². The fourth-order valence-corrected chi connectivity index (χ4v) is 4.66. The van der Waals surface area contributed by atoms with Gasteiger partial charge in [0.2, 0.25) is 0 Å². The number of aliphatic carboxylic acids is 1. The second-order valence-electron chi connectivity index (χ2n) is 9.54. The number of carbonyl (C=O) groups is 2. The Labute approximate surface area is 192 Å². The first-order chi connectivity index (χ1) is 15.7. The number of hydrogen-bond acceptors (Lipinski definition) is 4. The molecule has 1 heterocycles. The van der Waals surface area contributed by atoms with Crippen LogP contribution in [0.3, 0.4) is 0 Å². The van der Waals surface area contributed by atoms with Crippen LogP contribution < -0.4 is 10.6 Å². The quantitative estimate of drug-likeness (QED) is 0.441. The summed E-state index contributed by atoms with van der Waals surface area (Å²) in [7, 11) is 0. The number of anilines is 1. The number of pyridine rings is 1. The summed E-state index contributed by atoms with van der Waals surface area (Å²) in [6.07, 6.45) is 3.79. The zero-order valence-corrected chi connectivity index (χ0v) is 18.8. The molecule has 1 amide bonds. The number of benzene rings is 2. The van der Waals surface area contributed by atoms with E-state index in [0.29, 0.717) is 16.9 Å². The number of amides is 1. The lowest BCUT2D eigenvalue weighted by atomic mass is 9.61. The predicted octanol–water partition coefficient (Wildman–Crippen LogP) is 5.17. The molecule has 1 atom stereocenters. The first kappa shape index (κ1) is 22.7. The molecule has 1 unspecified atom stereocenters. The summed E-state index contributed by atoms with van der Waals surface area (Å²) in [6, 6.07) is 13.9. The van der Waals surface area contributed by atoms with Crippen LogP contribution in [0.1, 0.15) is 55.1 Å². The van der Waals surface area contributed by atoms with E-state index in [-0.39, 0.29) is 30.7 Å². The van der Waals surface area contributed by atoms with Gasteiger partial charge in [-0.3, -0.25) is 14.6 Å². The molecule has 0 saturated heterocycles. The van der Waals surface area contributed by atoms with Gasteiger partial charge in [-0.05, 0) is 66.1 Å². The van der Waals surface area contributed by atoms with Crippen LogP contribution in [0.25, 0.3) is 10.9 Å². The molecule has 7 heteroatoms. The summed E-state index contributed by atoms with van der Waals surface area (Å²) in [5.74, 6) is -1.12. The van der Waals surface area contributed by atoms with E-state index in [2.05, 4.69) is 29.5 Å². The third-order valence-electron chi connectivity index (χ3n) is 6.22. The molecule has 172 valence electrons. The van der Waals surface area contributed by atoms with E-state index in [4.69, 9.17) is 5.11 Å². The number of carboxylic acids is 1. The molecule has 0 aliphatic heterocycles. The Morgan fingerprint density at radius 3 is 2.55 bits per heavy atom. The van der Waals surface area contributed by atoms with E-state index < -0.39 is 5.97 Å². The lowest BCUT2D eigenvalue weighted by molar-refractivity contribution is -0.136. The summed E-state index contributed by atoms with van der Waals surface area (Å²) < 4.78 is 13.7. The fourth-order valence-electron chi connectivity index (χ4n) is 4.66. The Kier molecular flexibility index (Phi) is 6.31. The van der Waals surface area contributed by atoms with Gasteiger partial charge in [0.05, 0.1) is 29.9 Å². The number of halogens is 1. The molecule has 3 N–H and O–H groups in total. The summed E-state index contributed by atoms with van der Waals surface area (Å²) >= 11 is 0. The Morgan fingerprint density at radius 1 is 1.15 bits per heavy atom. The molecule has 1 aromatic heterocycles. The third kappa shape index (κ3) is 5.48. The van der Waals surface area contributed by atoms with Gasteiger partial charge < -0.3 is 15.7 Å². The molecular weight excluding hydrogens is 421 g/mol. The maximum atomic E-state index is 13.7. The standard InChI is InChI=1S/C26H28FN3O3/c1-26(2)13-19(14-26)24(30-21-12-18-11-20(27)7-8-22(18)29-15-21)16-3-5-17(6-4-16)25(33)28-10-9-23(31)32/h3-8,11-12,15,19,24,30H,9-10,13-14H2,1-2H3,(H,28,33)(H,31,32). The number of carbonyl (C=O) groups excluding carboxylic acids is 1. The number of nitrogens with zero attached hydrogens (tertiary/aromatic N) is 1.